The summed E-state index contributed by atoms with van der Waals surface area (Å²) in [5, 5.41) is 3.67. The molecule has 2 aliphatic heterocycles. The van der Waals surface area contributed by atoms with Crippen LogP contribution in [0, 0.1) is 0 Å². The van der Waals surface area contributed by atoms with Gasteiger partial charge in [-0.05, 0) is 43.2 Å². The van der Waals surface area contributed by atoms with Gasteiger partial charge in [0.2, 0.25) is 0 Å². The van der Waals surface area contributed by atoms with Gasteiger partial charge in [-0.2, -0.15) is 0 Å². The number of hydrogen-bond donors (Lipinski definition) is 1. The molecule has 2 aliphatic rings. The zero-order chi connectivity index (χ0) is 19.5. The third kappa shape index (κ3) is 3.91. The zero-order valence-corrected chi connectivity index (χ0v) is 16.7. The lowest BCUT2D eigenvalue weighted by Crippen LogP contribution is -2.57. The van der Waals surface area contributed by atoms with Gasteiger partial charge >= 0.3 is 0 Å². The highest BCUT2D eigenvalue weighted by Crippen LogP contribution is 2.27. The summed E-state index contributed by atoms with van der Waals surface area (Å²) in [7, 11) is 1.70. The lowest BCUT2D eigenvalue weighted by atomic mass is 10.1. The van der Waals surface area contributed by atoms with Crippen LogP contribution in [0.1, 0.15) is 35.3 Å². The van der Waals surface area contributed by atoms with E-state index in [1.54, 1.807) is 7.11 Å². The van der Waals surface area contributed by atoms with Crippen molar-refractivity contribution in [1.29, 1.82) is 0 Å². The first kappa shape index (κ1) is 19.0. The normalized spacial score (nSPS) is 24.8. The molecule has 0 aromatic heterocycles. The number of amides is 1. The van der Waals surface area contributed by atoms with Gasteiger partial charge in [-0.25, -0.2) is 0 Å². The lowest BCUT2D eigenvalue weighted by molar-refractivity contribution is 0.0492. The minimum atomic E-state index is 0.165. The second-order valence-electron chi connectivity index (χ2n) is 7.82. The van der Waals surface area contributed by atoms with Crippen LogP contribution in [-0.4, -0.2) is 61.1 Å². The molecule has 2 fully saturated rings. The van der Waals surface area contributed by atoms with E-state index < -0.39 is 0 Å². The van der Waals surface area contributed by atoms with Gasteiger partial charge in [0.1, 0.15) is 5.75 Å². The summed E-state index contributed by atoms with van der Waals surface area (Å²) in [6.45, 7) is 5.89. The van der Waals surface area contributed by atoms with Crippen LogP contribution in [0.5, 0.6) is 5.75 Å². The van der Waals surface area contributed by atoms with E-state index in [2.05, 4.69) is 34.2 Å². The number of nitrogens with zero attached hydrogens (tertiary/aromatic N) is 2. The molecule has 0 aliphatic carbocycles. The van der Waals surface area contributed by atoms with E-state index in [4.69, 9.17) is 4.74 Å². The summed E-state index contributed by atoms with van der Waals surface area (Å²) in [4.78, 5) is 17.7. The number of piperazine rings is 1. The monoisotopic (exact) mass is 379 g/mol. The first-order chi connectivity index (χ1) is 13.7. The molecule has 0 radical (unpaired) electrons. The largest absolute Gasteiger partial charge is 0.497 e. The Balaban J connectivity index is 1.41. The van der Waals surface area contributed by atoms with Crippen LogP contribution in [0.3, 0.4) is 0 Å². The molecule has 2 bridgehead atoms. The van der Waals surface area contributed by atoms with E-state index >= 15 is 0 Å². The highest BCUT2D eigenvalue weighted by molar-refractivity contribution is 5.94. The number of nitrogens with one attached hydrogen (secondary N) is 1. The number of fused-ring (bicyclic) bond motifs is 2. The first-order valence-corrected chi connectivity index (χ1v) is 10.1. The number of carbonyl (C=O) groups excluding carboxylic acids is 1. The smallest absolute Gasteiger partial charge is 0.254 e. The van der Waals surface area contributed by atoms with E-state index in [9.17, 15) is 4.79 Å². The van der Waals surface area contributed by atoms with Crippen LogP contribution in [0.15, 0.2) is 54.6 Å². The SMILES string of the molecule is COc1cccc([C@H](C)NC[C@H]2CN(C(=O)c3ccccc3)[C@H]3CCN2C3)c1. The van der Waals surface area contributed by atoms with E-state index in [-0.39, 0.29) is 11.9 Å². The average Bonchev–Trinajstić information content (AvgIpc) is 3.17. The highest BCUT2D eigenvalue weighted by Gasteiger charge is 2.40. The summed E-state index contributed by atoms with van der Waals surface area (Å²) in [6, 6.07) is 18.8. The number of methoxy groups -OCH3 is 1. The van der Waals surface area contributed by atoms with Crippen LogP contribution in [0.4, 0.5) is 0 Å². The standard InChI is InChI=1S/C23H29N3O2/c1-17(19-9-6-10-22(13-19)28-2)24-14-21-16-26(20-11-12-25(21)15-20)23(27)18-7-4-3-5-8-18/h3-10,13,17,20-21,24H,11-12,14-16H2,1-2H3/t17-,20-,21-/m0/s1. The van der Waals surface area contributed by atoms with Crippen molar-refractivity contribution in [1.82, 2.24) is 15.1 Å². The average molecular weight is 380 g/mol. The minimum Gasteiger partial charge on any atom is -0.497 e. The summed E-state index contributed by atoms with van der Waals surface area (Å²) in [6.07, 6.45) is 1.07. The molecule has 148 valence electrons. The third-order valence-corrected chi connectivity index (χ3v) is 6.09. The van der Waals surface area contributed by atoms with Gasteiger partial charge in [0.25, 0.3) is 5.91 Å². The number of rotatable bonds is 6. The predicted octanol–water partition coefficient (Wildman–Crippen LogP) is 2.94. The Morgan fingerprint density at radius 3 is 2.79 bits per heavy atom. The second-order valence-corrected chi connectivity index (χ2v) is 7.82. The molecule has 2 heterocycles. The molecule has 28 heavy (non-hydrogen) atoms. The molecule has 1 N–H and O–H groups in total. The number of hydrogen-bond acceptors (Lipinski definition) is 4. The van der Waals surface area contributed by atoms with Crippen molar-refractivity contribution in [2.45, 2.75) is 31.5 Å². The Morgan fingerprint density at radius 1 is 1.18 bits per heavy atom. The van der Waals surface area contributed by atoms with Crippen molar-refractivity contribution in [3.63, 3.8) is 0 Å². The Morgan fingerprint density at radius 2 is 2.00 bits per heavy atom. The maximum atomic E-state index is 13.0. The van der Waals surface area contributed by atoms with Crippen molar-refractivity contribution in [2.24, 2.45) is 0 Å². The summed E-state index contributed by atoms with van der Waals surface area (Å²) in [5.41, 5.74) is 2.01. The molecule has 1 amide bonds. The molecular weight excluding hydrogens is 350 g/mol. The van der Waals surface area contributed by atoms with Crippen molar-refractivity contribution in [3.05, 3.63) is 65.7 Å². The lowest BCUT2D eigenvalue weighted by Gasteiger charge is -2.40. The van der Waals surface area contributed by atoms with Crippen LogP contribution >= 0.6 is 0 Å². The zero-order valence-electron chi connectivity index (χ0n) is 16.7. The second kappa shape index (κ2) is 8.33. The molecular formula is C23H29N3O2. The summed E-state index contributed by atoms with van der Waals surface area (Å²) in [5.74, 6) is 1.05. The molecule has 2 saturated heterocycles. The van der Waals surface area contributed by atoms with Crippen molar-refractivity contribution in [3.8, 4) is 5.75 Å². The predicted molar refractivity (Wildman–Crippen MR) is 111 cm³/mol. The minimum absolute atomic E-state index is 0.165. The Bertz CT molecular complexity index is 811. The van der Waals surface area contributed by atoms with Crippen molar-refractivity contribution >= 4 is 5.91 Å². The fraction of sp³-hybridized carbons (Fsp3) is 0.435. The van der Waals surface area contributed by atoms with E-state index in [0.717, 1.165) is 43.9 Å². The van der Waals surface area contributed by atoms with Crippen LogP contribution < -0.4 is 10.1 Å². The van der Waals surface area contributed by atoms with Gasteiger partial charge in [-0.15, -0.1) is 0 Å². The molecule has 4 atom stereocenters. The quantitative estimate of drug-likeness (QED) is 0.838. The molecule has 5 heteroatoms. The Kier molecular flexibility index (Phi) is 5.64. The summed E-state index contributed by atoms with van der Waals surface area (Å²) < 4.78 is 5.34. The number of carbonyl (C=O) groups is 1. The topological polar surface area (TPSA) is 44.8 Å². The number of ether oxygens (including phenoxy) is 1. The first-order valence-electron chi connectivity index (χ1n) is 10.1. The van der Waals surface area contributed by atoms with Gasteiger partial charge in [-0.1, -0.05) is 30.3 Å². The van der Waals surface area contributed by atoms with Crippen LogP contribution in [0.2, 0.25) is 0 Å². The van der Waals surface area contributed by atoms with E-state index in [0.29, 0.717) is 12.1 Å². The third-order valence-electron chi connectivity index (χ3n) is 6.09. The van der Waals surface area contributed by atoms with Crippen LogP contribution in [-0.2, 0) is 0 Å². The maximum absolute atomic E-state index is 13.0. The molecule has 0 saturated carbocycles. The molecule has 1 unspecified atom stereocenters. The molecule has 0 spiro atoms. The fourth-order valence-corrected chi connectivity index (χ4v) is 4.38. The van der Waals surface area contributed by atoms with Crippen LogP contribution in [0.25, 0.3) is 0 Å². The van der Waals surface area contributed by atoms with E-state index in [1.165, 1.54) is 5.56 Å². The molecule has 2 aromatic carbocycles. The Hall–Kier alpha value is -2.37. The van der Waals surface area contributed by atoms with Gasteiger partial charge in [0, 0.05) is 49.9 Å². The summed E-state index contributed by atoms with van der Waals surface area (Å²) >= 11 is 0. The molecule has 2 aromatic rings. The Labute approximate surface area is 167 Å². The molecule has 5 nitrogen and oxygen atoms in total. The van der Waals surface area contributed by atoms with Crippen molar-refractivity contribution in [2.75, 3.05) is 33.3 Å². The van der Waals surface area contributed by atoms with Crippen molar-refractivity contribution < 1.29 is 9.53 Å². The van der Waals surface area contributed by atoms with Gasteiger partial charge in [-0.3, -0.25) is 9.69 Å². The fourth-order valence-electron chi connectivity index (χ4n) is 4.38. The maximum Gasteiger partial charge on any atom is 0.254 e. The molecule has 4 rings (SSSR count). The van der Waals surface area contributed by atoms with Gasteiger partial charge in [0.15, 0.2) is 0 Å². The highest BCUT2D eigenvalue weighted by atomic mass is 16.5. The van der Waals surface area contributed by atoms with Gasteiger partial charge < -0.3 is 15.0 Å². The van der Waals surface area contributed by atoms with E-state index in [1.807, 2.05) is 42.5 Å². The number of benzene rings is 2. The van der Waals surface area contributed by atoms with Gasteiger partial charge in [0.05, 0.1) is 7.11 Å².